The summed E-state index contributed by atoms with van der Waals surface area (Å²) in [4.78, 5) is -0.00375. The molecule has 0 spiro atoms. The predicted molar refractivity (Wildman–Crippen MR) is 70.1 cm³/mol. The number of benzene rings is 1. The van der Waals surface area contributed by atoms with E-state index in [1.54, 1.807) is 0 Å². The first-order chi connectivity index (χ1) is 8.40. The smallest absolute Gasteiger partial charge is 0.240 e. The van der Waals surface area contributed by atoms with Crippen molar-refractivity contribution in [2.75, 3.05) is 5.73 Å². The van der Waals surface area contributed by atoms with E-state index in [0.29, 0.717) is 6.42 Å². The zero-order chi connectivity index (χ0) is 13.8. The summed E-state index contributed by atoms with van der Waals surface area (Å²) in [5.41, 5.74) is 5.21. The van der Waals surface area contributed by atoms with E-state index in [2.05, 4.69) is 4.72 Å². The van der Waals surface area contributed by atoms with Crippen LogP contribution in [0.25, 0.3) is 0 Å². The van der Waals surface area contributed by atoms with Gasteiger partial charge in [0.1, 0.15) is 5.82 Å². The molecule has 1 rings (SSSR count). The minimum Gasteiger partial charge on any atom is -0.396 e. The van der Waals surface area contributed by atoms with Gasteiger partial charge >= 0.3 is 0 Å². The van der Waals surface area contributed by atoms with E-state index in [0.717, 1.165) is 25.0 Å². The summed E-state index contributed by atoms with van der Waals surface area (Å²) >= 11 is 0. The summed E-state index contributed by atoms with van der Waals surface area (Å²) in [6.07, 6.45) is 2.38. The Hall–Kier alpha value is -1.14. The molecule has 6 heteroatoms. The fourth-order valence-corrected chi connectivity index (χ4v) is 3.06. The third-order valence-electron chi connectivity index (χ3n) is 2.73. The van der Waals surface area contributed by atoms with E-state index in [-0.39, 0.29) is 16.6 Å². The molecule has 102 valence electrons. The molecule has 18 heavy (non-hydrogen) atoms. The summed E-state index contributed by atoms with van der Waals surface area (Å²) in [5.74, 6) is -0.616. The van der Waals surface area contributed by atoms with Crippen LogP contribution in [-0.4, -0.2) is 14.5 Å². The topological polar surface area (TPSA) is 72.2 Å². The molecule has 0 radical (unpaired) electrons. The number of nitrogens with one attached hydrogen (secondary N) is 1. The number of halogens is 1. The standard InChI is InChI=1S/C12H19FN2O2S/c1-3-5-9(4-2)15-18(16,17)10-6-7-11(13)12(14)8-10/h6-9,15H,3-5,14H2,1-2H3. The van der Waals surface area contributed by atoms with E-state index in [1.807, 2.05) is 13.8 Å². The second-order valence-electron chi connectivity index (χ2n) is 4.20. The Kier molecular flexibility index (Phi) is 5.10. The van der Waals surface area contributed by atoms with Crippen molar-refractivity contribution in [2.24, 2.45) is 0 Å². The van der Waals surface area contributed by atoms with Crippen LogP contribution in [0.15, 0.2) is 23.1 Å². The molecule has 0 bridgehead atoms. The minimum absolute atomic E-state index is 0.00375. The van der Waals surface area contributed by atoms with Crippen molar-refractivity contribution in [1.29, 1.82) is 0 Å². The van der Waals surface area contributed by atoms with Crippen molar-refractivity contribution in [3.63, 3.8) is 0 Å². The predicted octanol–water partition coefficient (Wildman–Crippen LogP) is 2.26. The Morgan fingerprint density at radius 1 is 1.39 bits per heavy atom. The van der Waals surface area contributed by atoms with Gasteiger partial charge in [-0.2, -0.15) is 0 Å². The second-order valence-corrected chi connectivity index (χ2v) is 5.91. The third-order valence-corrected chi connectivity index (χ3v) is 4.25. The number of rotatable bonds is 6. The summed E-state index contributed by atoms with van der Waals surface area (Å²) in [5, 5.41) is 0. The molecule has 0 aliphatic heterocycles. The summed E-state index contributed by atoms with van der Waals surface area (Å²) in [7, 11) is -3.63. The molecule has 0 aromatic heterocycles. The molecule has 1 aromatic carbocycles. The van der Waals surface area contributed by atoms with Gasteiger partial charge < -0.3 is 5.73 Å². The van der Waals surface area contributed by atoms with Gasteiger partial charge in [0, 0.05) is 6.04 Å². The highest BCUT2D eigenvalue weighted by Crippen LogP contribution is 2.17. The molecule has 4 nitrogen and oxygen atoms in total. The van der Waals surface area contributed by atoms with Crippen LogP contribution in [0.1, 0.15) is 33.1 Å². The third kappa shape index (κ3) is 3.68. The average Bonchev–Trinajstić information content (AvgIpc) is 2.31. The normalized spacial score (nSPS) is 13.5. The average molecular weight is 274 g/mol. The number of sulfonamides is 1. The first-order valence-electron chi connectivity index (χ1n) is 5.98. The van der Waals surface area contributed by atoms with Crippen molar-refractivity contribution in [2.45, 2.75) is 44.0 Å². The Morgan fingerprint density at radius 3 is 2.56 bits per heavy atom. The van der Waals surface area contributed by atoms with Crippen molar-refractivity contribution in [3.05, 3.63) is 24.0 Å². The molecular weight excluding hydrogens is 255 g/mol. The molecule has 0 amide bonds. The number of anilines is 1. The second kappa shape index (κ2) is 6.15. The molecule has 0 aliphatic rings. The lowest BCUT2D eigenvalue weighted by molar-refractivity contribution is 0.512. The van der Waals surface area contributed by atoms with Gasteiger partial charge in [0.15, 0.2) is 0 Å². The quantitative estimate of drug-likeness (QED) is 0.782. The molecular formula is C12H19FN2O2S. The van der Waals surface area contributed by atoms with Crippen LogP contribution in [0.2, 0.25) is 0 Å². The molecule has 1 atom stereocenters. The van der Waals surface area contributed by atoms with Crippen LogP contribution < -0.4 is 10.5 Å². The zero-order valence-corrected chi connectivity index (χ0v) is 11.4. The first kappa shape index (κ1) is 14.9. The van der Waals surface area contributed by atoms with Crippen molar-refractivity contribution in [3.8, 4) is 0 Å². The molecule has 0 aliphatic carbocycles. The van der Waals surface area contributed by atoms with Crippen LogP contribution >= 0.6 is 0 Å². The van der Waals surface area contributed by atoms with E-state index >= 15 is 0 Å². The number of hydrogen-bond acceptors (Lipinski definition) is 3. The molecule has 1 aromatic rings. The fraction of sp³-hybridized carbons (Fsp3) is 0.500. The summed E-state index contributed by atoms with van der Waals surface area (Å²) in [6, 6.07) is 3.31. The first-order valence-corrected chi connectivity index (χ1v) is 7.46. The molecule has 0 saturated heterocycles. The van der Waals surface area contributed by atoms with Crippen molar-refractivity contribution >= 4 is 15.7 Å². The monoisotopic (exact) mass is 274 g/mol. The minimum atomic E-state index is -3.63. The number of nitrogen functional groups attached to an aromatic ring is 1. The molecule has 3 N–H and O–H groups in total. The summed E-state index contributed by atoms with van der Waals surface area (Å²) in [6.45, 7) is 3.91. The lowest BCUT2D eigenvalue weighted by atomic mass is 10.1. The van der Waals surface area contributed by atoms with Crippen LogP contribution in [0, 0.1) is 5.82 Å². The van der Waals surface area contributed by atoms with Gasteiger partial charge in [-0.15, -0.1) is 0 Å². The van der Waals surface area contributed by atoms with Crippen LogP contribution in [0.5, 0.6) is 0 Å². The maximum atomic E-state index is 13.0. The van der Waals surface area contributed by atoms with Crippen LogP contribution in [-0.2, 0) is 10.0 Å². The Labute approximate surface area is 107 Å². The maximum Gasteiger partial charge on any atom is 0.240 e. The summed E-state index contributed by atoms with van der Waals surface area (Å²) < 4.78 is 39.7. The Bertz CT molecular complexity index is 503. The van der Waals surface area contributed by atoms with Gasteiger partial charge in [0.2, 0.25) is 10.0 Å². The molecule has 0 fully saturated rings. The SMILES string of the molecule is CCCC(CC)NS(=O)(=O)c1ccc(F)c(N)c1. The highest BCUT2D eigenvalue weighted by atomic mass is 32.2. The Morgan fingerprint density at radius 2 is 2.06 bits per heavy atom. The fourth-order valence-electron chi connectivity index (χ4n) is 1.67. The van der Waals surface area contributed by atoms with Gasteiger partial charge in [-0.1, -0.05) is 20.3 Å². The van der Waals surface area contributed by atoms with Gasteiger partial charge in [-0.25, -0.2) is 17.5 Å². The van der Waals surface area contributed by atoms with E-state index in [9.17, 15) is 12.8 Å². The Balaban J connectivity index is 2.95. The van der Waals surface area contributed by atoms with Crippen molar-refractivity contribution in [1.82, 2.24) is 4.72 Å². The van der Waals surface area contributed by atoms with E-state index < -0.39 is 15.8 Å². The molecule has 0 heterocycles. The van der Waals surface area contributed by atoms with E-state index in [4.69, 9.17) is 5.73 Å². The zero-order valence-electron chi connectivity index (χ0n) is 10.6. The van der Waals surface area contributed by atoms with Gasteiger partial charge in [-0.3, -0.25) is 0 Å². The van der Waals surface area contributed by atoms with Crippen LogP contribution in [0.4, 0.5) is 10.1 Å². The lowest BCUT2D eigenvalue weighted by Gasteiger charge is -2.16. The van der Waals surface area contributed by atoms with Gasteiger partial charge in [0.25, 0.3) is 0 Å². The maximum absolute atomic E-state index is 13.0. The van der Waals surface area contributed by atoms with Gasteiger partial charge in [0.05, 0.1) is 10.6 Å². The van der Waals surface area contributed by atoms with Crippen molar-refractivity contribution < 1.29 is 12.8 Å². The molecule has 0 saturated carbocycles. The highest BCUT2D eigenvalue weighted by molar-refractivity contribution is 7.89. The van der Waals surface area contributed by atoms with E-state index in [1.165, 1.54) is 6.07 Å². The van der Waals surface area contributed by atoms with Crippen LogP contribution in [0.3, 0.4) is 0 Å². The molecule has 1 unspecified atom stereocenters. The largest absolute Gasteiger partial charge is 0.396 e. The highest BCUT2D eigenvalue weighted by Gasteiger charge is 2.19. The number of nitrogens with two attached hydrogens (primary N) is 1. The van der Waals surface area contributed by atoms with Gasteiger partial charge in [-0.05, 0) is 31.0 Å². The lowest BCUT2D eigenvalue weighted by Crippen LogP contribution is -2.34. The number of hydrogen-bond donors (Lipinski definition) is 2.